The van der Waals surface area contributed by atoms with Crippen LogP contribution in [0.3, 0.4) is 0 Å². The smallest absolute Gasteiger partial charge is 0.215 e. The average Bonchev–Trinajstić information content (AvgIpc) is 1.60. The quantitative estimate of drug-likeness (QED) is 0.220. The van der Waals surface area contributed by atoms with Gasteiger partial charge in [0.25, 0.3) is 0 Å². The van der Waals surface area contributed by atoms with Crippen LogP contribution in [0.1, 0.15) is 6.92 Å². The van der Waals surface area contributed by atoms with Crippen molar-refractivity contribution in [1.29, 1.82) is 0 Å². The van der Waals surface area contributed by atoms with Crippen LogP contribution in [0.2, 0.25) is 25.7 Å². The Kier molecular flexibility index (Phi) is 2.89. The van der Waals surface area contributed by atoms with E-state index in [1.165, 1.54) is 0 Å². The molecule has 0 fully saturated rings. The van der Waals surface area contributed by atoms with Crippen molar-refractivity contribution in [3.05, 3.63) is 5.21 Å². The fourth-order valence-corrected chi connectivity index (χ4v) is 2.51. The van der Waals surface area contributed by atoms with Crippen LogP contribution in [0.25, 0.3) is 0 Å². The lowest BCUT2D eigenvalue weighted by molar-refractivity contribution is -0.726. The van der Waals surface area contributed by atoms with E-state index in [9.17, 15) is 5.21 Å². The van der Waals surface area contributed by atoms with E-state index in [0.29, 0.717) is 5.71 Å². The highest BCUT2D eigenvalue weighted by Gasteiger charge is 2.18. The molecule has 0 spiro atoms. The first-order valence-electron chi connectivity index (χ1n) is 3.31. The van der Waals surface area contributed by atoms with Crippen LogP contribution < -0.4 is 0 Å². The van der Waals surface area contributed by atoms with Gasteiger partial charge in [-0.2, -0.15) is 0 Å². The Labute approximate surface area is 62.5 Å². The predicted octanol–water partition coefficient (Wildman–Crippen LogP) is 1.68. The van der Waals surface area contributed by atoms with Crippen molar-refractivity contribution in [1.82, 2.24) is 0 Å². The third-order valence-corrected chi connectivity index (χ3v) is 2.69. The Morgan fingerprint density at radius 3 is 2.00 bits per heavy atom. The Hall–Kier alpha value is -0.513. The summed E-state index contributed by atoms with van der Waals surface area (Å²) in [5.74, 6) is 0. The minimum absolute atomic E-state index is 0.0295. The summed E-state index contributed by atoms with van der Waals surface area (Å²) in [6.07, 6.45) is 0. The largest absolute Gasteiger partial charge is 0.418 e. The van der Waals surface area contributed by atoms with Crippen LogP contribution in [0.5, 0.6) is 0 Å². The minimum atomic E-state index is -1.22. The van der Waals surface area contributed by atoms with Crippen LogP contribution in [0, 0.1) is 5.21 Å². The van der Waals surface area contributed by atoms with Gasteiger partial charge in [0.1, 0.15) is 0 Å². The van der Waals surface area contributed by atoms with Gasteiger partial charge in [0.2, 0.25) is 5.71 Å². The van der Waals surface area contributed by atoms with Crippen molar-refractivity contribution < 1.29 is 10.1 Å². The van der Waals surface area contributed by atoms with Crippen molar-refractivity contribution in [3.8, 4) is 0 Å². The maximum Gasteiger partial charge on any atom is 0.215 e. The van der Waals surface area contributed by atoms with Crippen molar-refractivity contribution >= 4 is 13.8 Å². The van der Waals surface area contributed by atoms with Crippen molar-refractivity contribution in [3.63, 3.8) is 0 Å². The first-order chi connectivity index (χ1) is 4.33. The van der Waals surface area contributed by atoms with Gasteiger partial charge in [-0.05, 0) is 0 Å². The molecule has 0 aromatic rings. The monoisotopic (exact) mass is 161 g/mol. The summed E-state index contributed by atoms with van der Waals surface area (Å²) in [5, 5.41) is 18.7. The summed E-state index contributed by atoms with van der Waals surface area (Å²) in [6, 6.07) is 0.757. The van der Waals surface area contributed by atoms with Gasteiger partial charge in [-0.15, -0.1) is 0 Å². The predicted molar refractivity (Wildman–Crippen MR) is 44.2 cm³/mol. The van der Waals surface area contributed by atoms with Crippen molar-refractivity contribution in [2.24, 2.45) is 0 Å². The van der Waals surface area contributed by atoms with E-state index in [2.05, 4.69) is 19.6 Å². The molecule has 0 aliphatic rings. The molecule has 60 valence electrons. The molecule has 0 unspecified atom stereocenters. The molecule has 0 rings (SSSR count). The zero-order valence-electron chi connectivity index (χ0n) is 7.01. The standard InChI is InChI=1S/C6H15NO2Si/c1-6(7(8)9)5-10(2,3)4/h5H2,1-4H3,(H,8,9). The second kappa shape index (κ2) is 3.05. The molecule has 0 saturated carbocycles. The zero-order valence-corrected chi connectivity index (χ0v) is 8.01. The van der Waals surface area contributed by atoms with E-state index >= 15 is 0 Å². The molecule has 0 aliphatic carbocycles. The SMILES string of the molecule is C/C(C[Si](C)(C)C)=[N+](\[O-])O. The van der Waals surface area contributed by atoms with E-state index in [0.717, 1.165) is 6.04 Å². The second-order valence-electron chi connectivity index (χ2n) is 3.75. The molecule has 0 radical (unpaired) electrons. The summed E-state index contributed by atoms with van der Waals surface area (Å²) < 4.78 is 0. The molecule has 3 nitrogen and oxygen atoms in total. The van der Waals surface area contributed by atoms with Gasteiger partial charge < -0.3 is 5.21 Å². The molecule has 0 aromatic heterocycles. The lowest BCUT2D eigenvalue weighted by Gasteiger charge is -2.11. The van der Waals surface area contributed by atoms with Gasteiger partial charge >= 0.3 is 0 Å². The maximum absolute atomic E-state index is 10.3. The Morgan fingerprint density at radius 2 is 1.90 bits per heavy atom. The molecule has 0 aliphatic heterocycles. The summed E-state index contributed by atoms with van der Waals surface area (Å²) in [5.41, 5.74) is 0.513. The highest BCUT2D eigenvalue weighted by atomic mass is 28.3. The second-order valence-corrected chi connectivity index (χ2v) is 9.22. The van der Waals surface area contributed by atoms with Crippen LogP contribution in [-0.4, -0.2) is 23.9 Å². The molecule has 4 heteroatoms. The maximum atomic E-state index is 10.3. The fraction of sp³-hybridized carbons (Fsp3) is 0.833. The van der Waals surface area contributed by atoms with E-state index in [4.69, 9.17) is 5.21 Å². The number of nitrogens with zero attached hydrogens (tertiary/aromatic N) is 1. The van der Waals surface area contributed by atoms with Gasteiger partial charge in [0.05, 0.1) is 8.07 Å². The summed E-state index contributed by atoms with van der Waals surface area (Å²) >= 11 is 0. The van der Waals surface area contributed by atoms with E-state index < -0.39 is 8.07 Å². The van der Waals surface area contributed by atoms with E-state index in [1.54, 1.807) is 6.92 Å². The topological polar surface area (TPSA) is 46.3 Å². The fourth-order valence-electron chi connectivity index (χ4n) is 0.835. The first-order valence-corrected chi connectivity index (χ1v) is 7.02. The normalized spacial score (nSPS) is 14.8. The Bertz CT molecular complexity index is 144. The molecule has 1 N–H and O–H groups in total. The van der Waals surface area contributed by atoms with Crippen molar-refractivity contribution in [2.45, 2.75) is 32.6 Å². The lowest BCUT2D eigenvalue weighted by Crippen LogP contribution is -2.25. The summed E-state index contributed by atoms with van der Waals surface area (Å²) in [6.45, 7) is 8.12. The minimum Gasteiger partial charge on any atom is -0.418 e. The molecular formula is C6H15NO2Si. The zero-order chi connectivity index (χ0) is 8.36. The van der Waals surface area contributed by atoms with Gasteiger partial charge in [0, 0.05) is 17.9 Å². The van der Waals surface area contributed by atoms with Crippen LogP contribution in [-0.2, 0) is 0 Å². The van der Waals surface area contributed by atoms with Gasteiger partial charge in [-0.1, -0.05) is 19.6 Å². The first kappa shape index (κ1) is 9.49. The third kappa shape index (κ3) is 4.37. The number of hydrogen-bond acceptors (Lipinski definition) is 2. The number of hydrogen-bond donors (Lipinski definition) is 1. The Balaban J connectivity index is 4.06. The van der Waals surface area contributed by atoms with Crippen LogP contribution in [0.15, 0.2) is 0 Å². The Morgan fingerprint density at radius 1 is 1.50 bits per heavy atom. The molecule has 0 amide bonds. The van der Waals surface area contributed by atoms with E-state index in [1.807, 2.05) is 0 Å². The summed E-state index contributed by atoms with van der Waals surface area (Å²) in [4.78, 5) is -0.0295. The molecule has 0 aromatic carbocycles. The van der Waals surface area contributed by atoms with E-state index in [-0.39, 0.29) is 4.90 Å². The number of rotatable bonds is 2. The van der Waals surface area contributed by atoms with Crippen LogP contribution >= 0.6 is 0 Å². The lowest BCUT2D eigenvalue weighted by atomic mass is 10.5. The molecule has 0 heterocycles. The molecule has 0 saturated heterocycles. The highest BCUT2D eigenvalue weighted by molar-refractivity contribution is 6.78. The third-order valence-electron chi connectivity index (χ3n) is 1.11. The molecule has 0 bridgehead atoms. The molecular weight excluding hydrogens is 146 g/mol. The summed E-state index contributed by atoms with van der Waals surface area (Å²) in [7, 11) is -1.22. The van der Waals surface area contributed by atoms with Crippen LogP contribution in [0.4, 0.5) is 0 Å². The van der Waals surface area contributed by atoms with Gasteiger partial charge in [-0.3, -0.25) is 5.21 Å². The average molecular weight is 161 g/mol. The molecule has 10 heavy (non-hydrogen) atoms. The van der Waals surface area contributed by atoms with Crippen molar-refractivity contribution in [2.75, 3.05) is 0 Å². The highest BCUT2D eigenvalue weighted by Crippen LogP contribution is 2.08. The van der Waals surface area contributed by atoms with Gasteiger partial charge in [-0.25, -0.2) is 0 Å². The molecule has 0 atom stereocenters. The van der Waals surface area contributed by atoms with Gasteiger partial charge in [0.15, 0.2) is 0 Å².